The molecule has 1 unspecified atom stereocenters. The summed E-state index contributed by atoms with van der Waals surface area (Å²) in [5.41, 5.74) is 9.52. The lowest BCUT2D eigenvalue weighted by atomic mass is 9.86. The van der Waals surface area contributed by atoms with Crippen LogP contribution in [-0.4, -0.2) is 16.0 Å². The van der Waals surface area contributed by atoms with Crippen molar-refractivity contribution in [3.05, 3.63) is 41.9 Å². The van der Waals surface area contributed by atoms with Gasteiger partial charge in [0.05, 0.1) is 11.9 Å². The summed E-state index contributed by atoms with van der Waals surface area (Å²) in [6, 6.07) is 8.78. The number of nitrogens with zero attached hydrogens (tertiary/aromatic N) is 1. The van der Waals surface area contributed by atoms with Gasteiger partial charge in [-0.1, -0.05) is 45.0 Å². The van der Waals surface area contributed by atoms with Crippen molar-refractivity contribution in [3.8, 4) is 11.3 Å². The van der Waals surface area contributed by atoms with Crippen LogP contribution < -0.4 is 5.73 Å². The maximum Gasteiger partial charge on any atom is 0.108 e. The number of hydrogen-bond donors (Lipinski definition) is 2. The fourth-order valence-corrected chi connectivity index (χ4v) is 2.07. The Labute approximate surface area is 115 Å². The van der Waals surface area contributed by atoms with Crippen LogP contribution >= 0.6 is 0 Å². The average molecular weight is 257 g/mol. The molecule has 3 nitrogen and oxygen atoms in total. The standard InChI is InChI=1S/C16H23N3/c1-11(17)9-15-18-10-14(19-15)12-5-7-13(8-6-12)16(2,3)4/h5-8,10-11H,9,17H2,1-4H3,(H,18,19). The van der Waals surface area contributed by atoms with E-state index in [-0.39, 0.29) is 11.5 Å². The number of aromatic amines is 1. The van der Waals surface area contributed by atoms with Gasteiger partial charge in [-0.05, 0) is 23.5 Å². The quantitative estimate of drug-likeness (QED) is 0.886. The number of nitrogens with one attached hydrogen (secondary N) is 1. The molecule has 3 N–H and O–H groups in total. The van der Waals surface area contributed by atoms with Crippen LogP contribution in [0.4, 0.5) is 0 Å². The maximum absolute atomic E-state index is 5.78. The Hall–Kier alpha value is -1.61. The Balaban J connectivity index is 2.20. The van der Waals surface area contributed by atoms with Crippen molar-refractivity contribution < 1.29 is 0 Å². The summed E-state index contributed by atoms with van der Waals surface area (Å²) in [4.78, 5) is 7.70. The van der Waals surface area contributed by atoms with Gasteiger partial charge in [-0.15, -0.1) is 0 Å². The molecule has 0 saturated carbocycles. The summed E-state index contributed by atoms with van der Waals surface area (Å²) in [6.07, 6.45) is 2.66. The minimum absolute atomic E-state index is 0.127. The molecule has 0 spiro atoms. The SMILES string of the molecule is CC(N)Cc1ncc(-c2ccc(C(C)(C)C)cc2)[nH]1. The van der Waals surface area contributed by atoms with Gasteiger partial charge in [0.1, 0.15) is 5.82 Å². The highest BCUT2D eigenvalue weighted by atomic mass is 14.9. The highest BCUT2D eigenvalue weighted by molar-refractivity contribution is 5.59. The second-order valence-electron chi connectivity index (χ2n) is 6.25. The largest absolute Gasteiger partial charge is 0.342 e. The number of H-pyrrole nitrogens is 1. The molecule has 1 aromatic heterocycles. The molecule has 2 rings (SSSR count). The first-order valence-corrected chi connectivity index (χ1v) is 6.76. The lowest BCUT2D eigenvalue weighted by Gasteiger charge is -2.18. The van der Waals surface area contributed by atoms with Crippen LogP contribution in [0.25, 0.3) is 11.3 Å². The Morgan fingerprint density at radius 2 is 1.84 bits per heavy atom. The van der Waals surface area contributed by atoms with E-state index in [1.165, 1.54) is 5.56 Å². The Morgan fingerprint density at radius 3 is 2.37 bits per heavy atom. The van der Waals surface area contributed by atoms with Gasteiger partial charge >= 0.3 is 0 Å². The van der Waals surface area contributed by atoms with Crippen molar-refractivity contribution in [1.29, 1.82) is 0 Å². The van der Waals surface area contributed by atoms with Crippen LogP contribution in [0, 0.1) is 0 Å². The van der Waals surface area contributed by atoms with Gasteiger partial charge < -0.3 is 10.7 Å². The van der Waals surface area contributed by atoms with Gasteiger partial charge in [0.25, 0.3) is 0 Å². The first-order valence-electron chi connectivity index (χ1n) is 6.76. The van der Waals surface area contributed by atoms with Gasteiger partial charge in [0.15, 0.2) is 0 Å². The van der Waals surface area contributed by atoms with E-state index >= 15 is 0 Å². The molecule has 0 aliphatic carbocycles. The van der Waals surface area contributed by atoms with E-state index in [1.807, 2.05) is 13.1 Å². The predicted octanol–water partition coefficient (Wildman–Crippen LogP) is 3.26. The normalized spacial score (nSPS) is 13.5. The third-order valence-electron chi connectivity index (χ3n) is 3.21. The Kier molecular flexibility index (Phi) is 3.76. The Morgan fingerprint density at radius 1 is 1.21 bits per heavy atom. The van der Waals surface area contributed by atoms with Crippen molar-refractivity contribution in [1.82, 2.24) is 9.97 Å². The average Bonchev–Trinajstić information content (AvgIpc) is 2.75. The minimum atomic E-state index is 0.127. The fraction of sp³-hybridized carbons (Fsp3) is 0.438. The van der Waals surface area contributed by atoms with Gasteiger partial charge in [-0.25, -0.2) is 4.98 Å². The highest BCUT2D eigenvalue weighted by Crippen LogP contribution is 2.25. The molecule has 2 aromatic rings. The highest BCUT2D eigenvalue weighted by Gasteiger charge is 2.13. The van der Waals surface area contributed by atoms with Crippen molar-refractivity contribution in [2.75, 3.05) is 0 Å². The van der Waals surface area contributed by atoms with Crippen LogP contribution in [0.3, 0.4) is 0 Å². The fourth-order valence-electron chi connectivity index (χ4n) is 2.07. The molecule has 0 aliphatic heterocycles. The Bertz CT molecular complexity index is 530. The van der Waals surface area contributed by atoms with Gasteiger partial charge in [0.2, 0.25) is 0 Å². The molecule has 0 bridgehead atoms. The lowest BCUT2D eigenvalue weighted by molar-refractivity contribution is 0.590. The molecule has 1 heterocycles. The molecule has 102 valence electrons. The molecule has 19 heavy (non-hydrogen) atoms. The van der Waals surface area contributed by atoms with Crippen molar-refractivity contribution in [3.63, 3.8) is 0 Å². The van der Waals surface area contributed by atoms with Crippen LogP contribution in [0.2, 0.25) is 0 Å². The second kappa shape index (κ2) is 5.17. The topological polar surface area (TPSA) is 54.7 Å². The van der Waals surface area contributed by atoms with Crippen LogP contribution in [-0.2, 0) is 11.8 Å². The number of hydrogen-bond acceptors (Lipinski definition) is 2. The van der Waals surface area contributed by atoms with Crippen molar-refractivity contribution in [2.45, 2.75) is 45.6 Å². The van der Waals surface area contributed by atoms with Crippen LogP contribution in [0.1, 0.15) is 39.1 Å². The van der Waals surface area contributed by atoms with Gasteiger partial charge in [0, 0.05) is 12.5 Å². The molecule has 3 heteroatoms. The molecule has 1 atom stereocenters. The molecule has 0 fully saturated rings. The zero-order chi connectivity index (χ0) is 14.0. The second-order valence-corrected chi connectivity index (χ2v) is 6.25. The number of imidazole rings is 1. The summed E-state index contributed by atoms with van der Waals surface area (Å²) in [5, 5.41) is 0. The van der Waals surface area contributed by atoms with E-state index in [0.717, 1.165) is 23.5 Å². The smallest absolute Gasteiger partial charge is 0.108 e. The van der Waals surface area contributed by atoms with E-state index in [0.29, 0.717) is 0 Å². The van der Waals surface area contributed by atoms with E-state index in [4.69, 9.17) is 5.73 Å². The number of nitrogens with two attached hydrogens (primary N) is 1. The summed E-state index contributed by atoms with van der Waals surface area (Å²) in [6.45, 7) is 8.65. The summed E-state index contributed by atoms with van der Waals surface area (Å²) in [7, 11) is 0. The molecule has 0 radical (unpaired) electrons. The van der Waals surface area contributed by atoms with Gasteiger partial charge in [-0.3, -0.25) is 0 Å². The van der Waals surface area contributed by atoms with E-state index in [1.54, 1.807) is 0 Å². The number of benzene rings is 1. The van der Waals surface area contributed by atoms with Crippen molar-refractivity contribution in [2.24, 2.45) is 5.73 Å². The first-order chi connectivity index (χ1) is 8.86. The molecule has 0 amide bonds. The van der Waals surface area contributed by atoms with Crippen LogP contribution in [0.5, 0.6) is 0 Å². The van der Waals surface area contributed by atoms with E-state index < -0.39 is 0 Å². The molecule has 0 aliphatic rings. The monoisotopic (exact) mass is 257 g/mol. The molecule has 0 saturated heterocycles. The summed E-state index contributed by atoms with van der Waals surface area (Å²) >= 11 is 0. The van der Waals surface area contributed by atoms with E-state index in [2.05, 4.69) is 55.0 Å². The zero-order valence-electron chi connectivity index (χ0n) is 12.2. The molecular weight excluding hydrogens is 234 g/mol. The molecular formula is C16H23N3. The summed E-state index contributed by atoms with van der Waals surface area (Å²) < 4.78 is 0. The number of rotatable bonds is 3. The van der Waals surface area contributed by atoms with Crippen LogP contribution in [0.15, 0.2) is 30.5 Å². The summed E-state index contributed by atoms with van der Waals surface area (Å²) in [5.74, 6) is 0.949. The number of aromatic nitrogens is 2. The van der Waals surface area contributed by atoms with E-state index in [9.17, 15) is 0 Å². The maximum atomic E-state index is 5.78. The first kappa shape index (κ1) is 13.8. The lowest BCUT2D eigenvalue weighted by Crippen LogP contribution is -2.18. The predicted molar refractivity (Wildman–Crippen MR) is 80.1 cm³/mol. The molecule has 1 aromatic carbocycles. The third kappa shape index (κ3) is 3.44. The van der Waals surface area contributed by atoms with Crippen molar-refractivity contribution >= 4 is 0 Å². The third-order valence-corrected chi connectivity index (χ3v) is 3.21. The minimum Gasteiger partial charge on any atom is -0.342 e. The van der Waals surface area contributed by atoms with Gasteiger partial charge in [-0.2, -0.15) is 0 Å². The zero-order valence-corrected chi connectivity index (χ0v) is 12.2.